The van der Waals surface area contributed by atoms with Crippen LogP contribution in [0.5, 0.6) is 0 Å². The number of carbonyl (C=O) groups is 7. The predicted octanol–water partition coefficient (Wildman–Crippen LogP) is 14.9. The highest BCUT2D eigenvalue weighted by Gasteiger charge is 2.44. The van der Waals surface area contributed by atoms with E-state index in [0.29, 0.717) is 53.1 Å². The number of thioether (sulfide) groups is 2. The van der Waals surface area contributed by atoms with Crippen molar-refractivity contribution in [3.8, 4) is 0 Å². The standard InChI is InChI=1S/C36H59N7O7S.C26H45N5O5.C18H36O3.C10H16N2O3S.C8H11N5O3/c1-2-3-4-11-16-26(50-30(45)20-15-14-18-28-31-27(23-51-28)39-36(47)40-31)17-12-9-7-5-6-8-10-13-19-29(44)49-22-21-48-25-43-24-38-32-33(43)41-35(37)42-34(32)46;1-2-3-4-11-14-21(32)15-12-9-7-5-6-8-10-13-16-22(33)36-18-17-35-20-31-19-28-23-24(31)29-26(27)30-25(23)34;1-2-3-4-11-14-17(19)15-12-9-7-5-6-8-10-13-16-18(20)21;13-8(14)4-2-1-3-7-9-6(5-16-7)11-10(15)12-9;9-8-11-6-5(7(15)12-8)10-3-13(6)4-16-2-1-14/h24,26-28,31H,2-23,25H2,1H3,(H2,39,40,47)(H3,37,41,42,46);19,21,32H,2-18,20H2,1H3,(H3,27,29,30,34);17,19H,2-16H2,1H3,(H,20,21);6-7,9H,1-5H2,(H,13,14)(H2,11,12,15);3,14H,1-2,4H2,(H3,9,11,12,15)/t26-,27+,28+,31+;21-;17-;6-,7-,9-;/m1110./s1. The van der Waals surface area contributed by atoms with Gasteiger partial charge in [0.25, 0.3) is 16.7 Å². The van der Waals surface area contributed by atoms with E-state index in [1.54, 1.807) is 9.13 Å². The van der Waals surface area contributed by atoms with E-state index in [2.05, 4.69) is 86.9 Å². The third-order valence-electron chi connectivity index (χ3n) is 25.0. The summed E-state index contributed by atoms with van der Waals surface area (Å²) in [6, 6.07) is 0.846. The molecule has 0 aliphatic carbocycles. The molecule has 9 atom stereocenters. The number of carbonyl (C=O) groups excluding carboxylic acids is 5. The number of aromatic amines is 3. The summed E-state index contributed by atoms with van der Waals surface area (Å²) in [6.07, 6.45) is 58.5. The van der Waals surface area contributed by atoms with Crippen molar-refractivity contribution in [3.05, 3.63) is 50.0 Å². The number of carboxylic acid groups (broad SMARTS) is 2. The smallest absolute Gasteiger partial charge is 0.315 e. The number of carboxylic acids is 2. The Balaban J connectivity index is 0.000000291. The van der Waals surface area contributed by atoms with E-state index in [9.17, 15) is 58.2 Å². The van der Waals surface area contributed by atoms with Crippen LogP contribution in [0.15, 0.2) is 33.4 Å². The van der Waals surface area contributed by atoms with Gasteiger partial charge < -0.3 is 92.4 Å². The first kappa shape index (κ1) is 119. The summed E-state index contributed by atoms with van der Waals surface area (Å²) in [4.78, 5) is 146. The maximum atomic E-state index is 12.7. The second-order valence-corrected chi connectivity index (χ2v) is 39.4. The second-order valence-electron chi connectivity index (χ2n) is 36.9. The largest absolute Gasteiger partial charge is 0.481 e. The molecule has 4 aliphatic heterocycles. The lowest BCUT2D eigenvalue weighted by molar-refractivity contribution is -0.150. The zero-order chi connectivity index (χ0) is 101. The lowest BCUT2D eigenvalue weighted by atomic mass is 10.0. The molecule has 0 unspecified atom stereocenters. The van der Waals surface area contributed by atoms with Gasteiger partial charge in [0, 0.05) is 54.1 Å². The Kier molecular flexibility index (Phi) is 62.3. The van der Waals surface area contributed by atoms with Gasteiger partial charge in [-0.05, 0) is 96.3 Å². The minimum atomic E-state index is -0.729. The van der Waals surface area contributed by atoms with Crippen LogP contribution in [0.3, 0.4) is 0 Å². The van der Waals surface area contributed by atoms with Gasteiger partial charge in [-0.2, -0.15) is 38.5 Å². The maximum absolute atomic E-state index is 12.7. The molecule has 42 heteroatoms. The first-order chi connectivity index (χ1) is 67.9. The molecule has 6 aromatic rings. The number of nitrogens with one attached hydrogen (secondary N) is 7. The van der Waals surface area contributed by atoms with Crippen LogP contribution in [0.4, 0.5) is 27.4 Å². The fourth-order valence-corrected chi connectivity index (χ4v) is 20.3. The molecule has 0 spiro atoms. The zero-order valence-electron chi connectivity index (χ0n) is 83.5. The molecular weight excluding hydrogens is 1840 g/mol. The van der Waals surface area contributed by atoms with Gasteiger partial charge in [-0.25, -0.2) is 24.5 Å². The molecule has 0 saturated carbocycles. The third-order valence-corrected chi connectivity index (χ3v) is 28.0. The molecular formula is C98H167N19O21S2. The van der Waals surface area contributed by atoms with Crippen molar-refractivity contribution in [2.45, 2.75) is 434 Å². The number of nitrogens with zero attached hydrogens (tertiary/aromatic N) is 9. The van der Waals surface area contributed by atoms with Gasteiger partial charge in [-0.1, -0.05) is 233 Å². The SMILES string of the molecule is CCCCCC[C@@H](O)CCCCCCCCCCC(=O)O.CCCCCC[C@@H](O)CCCCCCCCCCC(=O)OCCOCn1cnc2c(=O)[nH]c(N)nc21.CCCCCC[C@H](CCCCCCCCCCC(=O)OCCOCn1cnc2c(=O)[nH]c(N)nc21)OC(=O)CCCC[C@@H]1SC[C@@H]2NC(=O)N[C@@H]21.Nc1nc2c(ncn2COCCO)c(=O)[nH]1.O=C(O)CCCC[C@@H]1SC[C@@H]2NC(=O)N[C@@H]21. The van der Waals surface area contributed by atoms with Crippen LogP contribution in [-0.2, 0) is 72.6 Å². The van der Waals surface area contributed by atoms with Crippen LogP contribution in [0.25, 0.3) is 33.5 Å². The molecule has 792 valence electrons. The Morgan fingerprint density at radius 2 is 0.679 bits per heavy atom. The molecule has 18 N–H and O–H groups in total. The first-order valence-corrected chi connectivity index (χ1v) is 54.1. The molecule has 0 radical (unpaired) electrons. The second kappa shape index (κ2) is 73.0. The van der Waals surface area contributed by atoms with Gasteiger partial charge in [0.2, 0.25) is 17.8 Å². The summed E-state index contributed by atoms with van der Waals surface area (Å²) in [5, 5.41) is 58.2. The van der Waals surface area contributed by atoms with Gasteiger partial charge >= 0.3 is 41.9 Å². The van der Waals surface area contributed by atoms with E-state index in [-0.39, 0.29) is 179 Å². The summed E-state index contributed by atoms with van der Waals surface area (Å²) >= 11 is 3.79. The highest BCUT2D eigenvalue weighted by molar-refractivity contribution is 8.00. The number of aliphatic carboxylic acids is 2. The molecule has 0 aromatic carbocycles. The van der Waals surface area contributed by atoms with Crippen molar-refractivity contribution in [3.63, 3.8) is 0 Å². The molecule has 4 aliphatic rings. The predicted molar refractivity (Wildman–Crippen MR) is 544 cm³/mol. The number of imidazole rings is 3. The Hall–Kier alpha value is -9.20. The number of hydrogen-bond donors (Lipinski definition) is 15. The highest BCUT2D eigenvalue weighted by atomic mass is 32.2. The average molecular weight is 2010 g/mol. The molecule has 0 bridgehead atoms. The number of aliphatic hydroxyl groups is 3. The van der Waals surface area contributed by atoms with Crippen molar-refractivity contribution in [2.75, 3.05) is 68.3 Å². The summed E-state index contributed by atoms with van der Waals surface area (Å²) in [7, 11) is 0. The minimum Gasteiger partial charge on any atom is -0.481 e. The molecule has 4 saturated heterocycles. The van der Waals surface area contributed by atoms with Gasteiger partial charge in [0.1, 0.15) is 39.5 Å². The summed E-state index contributed by atoms with van der Waals surface area (Å²) < 4.78 is 37.3. The Morgan fingerprint density at radius 3 is 1.01 bits per heavy atom. The number of nitrogen functional groups attached to an aromatic ring is 3. The Labute approximate surface area is 832 Å². The summed E-state index contributed by atoms with van der Waals surface area (Å²) in [5.74, 6) is 0.0750. The van der Waals surface area contributed by atoms with E-state index >= 15 is 0 Å². The quantitative estimate of drug-likeness (QED) is 0.00730. The molecule has 10 rings (SSSR count). The number of ether oxygens (including phenoxy) is 6. The Morgan fingerprint density at radius 1 is 0.386 bits per heavy atom. The van der Waals surface area contributed by atoms with Crippen LogP contribution in [0.1, 0.15) is 361 Å². The monoisotopic (exact) mass is 2010 g/mol. The van der Waals surface area contributed by atoms with Crippen LogP contribution >= 0.6 is 23.5 Å². The van der Waals surface area contributed by atoms with Crippen LogP contribution in [0.2, 0.25) is 0 Å². The van der Waals surface area contributed by atoms with E-state index in [4.69, 9.17) is 60.9 Å². The molecule has 6 aromatic heterocycles. The number of hydrogen-bond acceptors (Lipinski definition) is 30. The number of fused-ring (bicyclic) bond motifs is 5. The summed E-state index contributed by atoms with van der Waals surface area (Å²) in [6.45, 7) is 7.95. The van der Waals surface area contributed by atoms with Crippen molar-refractivity contribution >= 4 is 117 Å². The minimum absolute atomic E-state index is 0.00752. The fourth-order valence-electron chi connectivity index (χ4n) is 17.2. The first-order valence-electron chi connectivity index (χ1n) is 52.0. The fraction of sp³-hybridized carbons (Fsp3) is 0.776. The van der Waals surface area contributed by atoms with Gasteiger partial charge in [0.15, 0.2) is 33.5 Å². The number of nitrogens with two attached hydrogens (primary N) is 3. The normalized spacial score (nSPS) is 16.8. The number of anilines is 3. The van der Waals surface area contributed by atoms with E-state index in [1.807, 2.05) is 23.5 Å². The molecule has 140 heavy (non-hydrogen) atoms. The third kappa shape index (κ3) is 50.6. The summed E-state index contributed by atoms with van der Waals surface area (Å²) in [5.41, 5.74) is 17.0. The van der Waals surface area contributed by atoms with Crippen molar-refractivity contribution < 1.29 is 87.5 Å². The van der Waals surface area contributed by atoms with E-state index in [1.165, 1.54) is 152 Å². The van der Waals surface area contributed by atoms with Crippen LogP contribution in [-0.4, -0.2) is 230 Å². The van der Waals surface area contributed by atoms with Crippen LogP contribution in [0, 0.1) is 0 Å². The van der Waals surface area contributed by atoms with Crippen molar-refractivity contribution in [1.29, 1.82) is 0 Å². The van der Waals surface area contributed by atoms with Gasteiger partial charge in [0.05, 0.1) is 81.8 Å². The maximum Gasteiger partial charge on any atom is 0.315 e. The van der Waals surface area contributed by atoms with Gasteiger partial charge in [-0.15, -0.1) is 0 Å². The number of aromatic nitrogens is 12. The molecule has 10 heterocycles. The number of H-pyrrole nitrogens is 3. The Bertz CT molecular complexity index is 4630. The zero-order valence-corrected chi connectivity index (χ0v) is 85.2. The number of amides is 4. The van der Waals surface area contributed by atoms with E-state index in [0.717, 1.165) is 191 Å². The lowest BCUT2D eigenvalue weighted by Gasteiger charge is -2.19. The van der Waals surface area contributed by atoms with Gasteiger partial charge in [-0.3, -0.25) is 67.0 Å². The topological polar surface area (TPSA) is 593 Å². The van der Waals surface area contributed by atoms with Crippen molar-refractivity contribution in [1.82, 2.24) is 79.8 Å². The number of rotatable bonds is 73. The number of unbranched alkanes of at least 4 members (excludes halogenated alkanes) is 32. The molecule has 4 fully saturated rings. The van der Waals surface area contributed by atoms with Crippen LogP contribution < -0.4 is 55.1 Å². The lowest BCUT2D eigenvalue weighted by Crippen LogP contribution is -2.36. The highest BCUT2D eigenvalue weighted by Crippen LogP contribution is 2.35. The number of aliphatic hydroxyl groups excluding tert-OH is 3. The molecule has 4 amide bonds. The average Bonchev–Trinajstić information content (AvgIpc) is 1.94. The van der Waals surface area contributed by atoms with Crippen molar-refractivity contribution in [2.24, 2.45) is 0 Å². The number of esters is 3. The van der Waals surface area contributed by atoms with E-state index < -0.39 is 23.1 Å². The molecule has 40 nitrogen and oxygen atoms in total. The number of urea groups is 2.